The van der Waals surface area contributed by atoms with Gasteiger partial charge in [0, 0.05) is 18.1 Å². The van der Waals surface area contributed by atoms with Crippen LogP contribution in [0.3, 0.4) is 0 Å². The number of rotatable bonds is 2. The van der Waals surface area contributed by atoms with Crippen LogP contribution in [-0.2, 0) is 10.0 Å². The number of sulfonamides is 1. The lowest BCUT2D eigenvalue weighted by atomic mass is 10.1. The zero-order valence-electron chi connectivity index (χ0n) is 10.6. The smallest absolute Gasteiger partial charge is 0.207 e. The number of hydrogen-bond donors (Lipinski definition) is 0. The first-order valence-corrected chi connectivity index (χ1v) is 8.66. The summed E-state index contributed by atoms with van der Waals surface area (Å²) in [5, 5.41) is 0.612. The van der Waals surface area contributed by atoms with E-state index in [-0.39, 0.29) is 9.92 Å². The Kier molecular flexibility index (Phi) is 5.12. The Morgan fingerprint density at radius 2 is 1.53 bits per heavy atom. The van der Waals surface area contributed by atoms with Crippen LogP contribution in [0.5, 0.6) is 0 Å². The Morgan fingerprint density at radius 3 is 2.16 bits per heavy atom. The van der Waals surface area contributed by atoms with Gasteiger partial charge in [0.05, 0.1) is 5.02 Å². The number of benzene rings is 1. The molecule has 1 saturated heterocycles. The topological polar surface area (TPSA) is 37.4 Å². The third-order valence-corrected chi connectivity index (χ3v) is 5.94. The van der Waals surface area contributed by atoms with E-state index in [2.05, 4.69) is 0 Å². The van der Waals surface area contributed by atoms with Crippen LogP contribution in [-0.4, -0.2) is 25.8 Å². The van der Waals surface area contributed by atoms with Gasteiger partial charge in [-0.05, 0) is 31.0 Å². The summed E-state index contributed by atoms with van der Waals surface area (Å²) >= 11 is 11.9. The molecule has 0 N–H and O–H groups in total. The third kappa shape index (κ3) is 3.63. The quantitative estimate of drug-likeness (QED) is 0.827. The number of nitrogens with zero attached hydrogens (tertiary/aromatic N) is 1. The van der Waals surface area contributed by atoms with Gasteiger partial charge in [-0.1, -0.05) is 42.5 Å². The van der Waals surface area contributed by atoms with E-state index < -0.39 is 10.0 Å². The molecule has 0 radical (unpaired) electrons. The predicted molar refractivity (Wildman–Crippen MR) is 78.3 cm³/mol. The van der Waals surface area contributed by atoms with Crippen LogP contribution in [0.15, 0.2) is 23.1 Å². The van der Waals surface area contributed by atoms with Crippen LogP contribution in [0.25, 0.3) is 0 Å². The Morgan fingerprint density at radius 1 is 0.947 bits per heavy atom. The molecule has 106 valence electrons. The van der Waals surface area contributed by atoms with Crippen molar-refractivity contribution in [1.82, 2.24) is 4.31 Å². The molecule has 0 aromatic heterocycles. The van der Waals surface area contributed by atoms with Gasteiger partial charge in [0.1, 0.15) is 4.90 Å². The number of halogens is 2. The first kappa shape index (κ1) is 15.1. The molecule has 1 aliphatic heterocycles. The molecule has 19 heavy (non-hydrogen) atoms. The summed E-state index contributed by atoms with van der Waals surface area (Å²) in [4.78, 5) is 0.113. The molecule has 6 heteroatoms. The molecule has 0 atom stereocenters. The van der Waals surface area contributed by atoms with Gasteiger partial charge in [0.25, 0.3) is 0 Å². The van der Waals surface area contributed by atoms with Gasteiger partial charge in [0.15, 0.2) is 0 Å². The van der Waals surface area contributed by atoms with Gasteiger partial charge in [-0.25, -0.2) is 8.42 Å². The SMILES string of the molecule is O=S(=O)(c1cc(Cl)ccc1Cl)N1CCCCCCC1. The van der Waals surface area contributed by atoms with Crippen molar-refractivity contribution in [3.63, 3.8) is 0 Å². The van der Waals surface area contributed by atoms with Crippen molar-refractivity contribution in [1.29, 1.82) is 0 Å². The van der Waals surface area contributed by atoms with E-state index in [4.69, 9.17) is 23.2 Å². The highest BCUT2D eigenvalue weighted by Crippen LogP contribution is 2.28. The second-order valence-electron chi connectivity index (χ2n) is 4.75. The van der Waals surface area contributed by atoms with E-state index in [0.29, 0.717) is 18.1 Å². The third-order valence-electron chi connectivity index (χ3n) is 3.33. The van der Waals surface area contributed by atoms with Gasteiger partial charge in [-0.15, -0.1) is 0 Å². The van der Waals surface area contributed by atoms with Crippen LogP contribution in [0, 0.1) is 0 Å². The maximum absolute atomic E-state index is 12.6. The lowest BCUT2D eigenvalue weighted by molar-refractivity contribution is 0.364. The molecule has 1 heterocycles. The molecule has 0 spiro atoms. The summed E-state index contributed by atoms with van der Waals surface area (Å²) in [5.74, 6) is 0. The van der Waals surface area contributed by atoms with E-state index in [1.807, 2.05) is 0 Å². The Balaban J connectivity index is 2.31. The molecule has 1 fully saturated rings. The summed E-state index contributed by atoms with van der Waals surface area (Å²) in [7, 11) is -3.54. The molecule has 0 amide bonds. The predicted octanol–water partition coefficient (Wildman–Crippen LogP) is 3.95. The summed E-state index contributed by atoms with van der Waals surface area (Å²) in [5.41, 5.74) is 0. The van der Waals surface area contributed by atoms with Crippen molar-refractivity contribution in [3.05, 3.63) is 28.2 Å². The highest BCUT2D eigenvalue weighted by atomic mass is 35.5. The summed E-state index contributed by atoms with van der Waals surface area (Å²) in [6.45, 7) is 1.12. The largest absolute Gasteiger partial charge is 0.244 e. The van der Waals surface area contributed by atoms with Crippen molar-refractivity contribution in [2.24, 2.45) is 0 Å². The lowest BCUT2D eigenvalue weighted by Crippen LogP contribution is -2.34. The van der Waals surface area contributed by atoms with E-state index in [9.17, 15) is 8.42 Å². The highest BCUT2D eigenvalue weighted by molar-refractivity contribution is 7.89. The van der Waals surface area contributed by atoms with E-state index >= 15 is 0 Å². The Hall–Kier alpha value is -0.290. The average Bonchev–Trinajstić information content (AvgIpc) is 2.31. The summed E-state index contributed by atoms with van der Waals surface area (Å²) in [6.07, 6.45) is 5.14. The minimum atomic E-state index is -3.54. The minimum Gasteiger partial charge on any atom is -0.207 e. The fourth-order valence-corrected chi connectivity index (χ4v) is 4.53. The monoisotopic (exact) mass is 321 g/mol. The molecule has 1 aliphatic rings. The molecule has 1 aromatic carbocycles. The fraction of sp³-hybridized carbons (Fsp3) is 0.538. The van der Waals surface area contributed by atoms with Crippen molar-refractivity contribution in [2.75, 3.05) is 13.1 Å². The molecular weight excluding hydrogens is 305 g/mol. The molecule has 0 bridgehead atoms. The normalized spacial score (nSPS) is 18.8. The number of hydrogen-bond acceptors (Lipinski definition) is 2. The van der Waals surface area contributed by atoms with E-state index in [1.165, 1.54) is 22.9 Å². The van der Waals surface area contributed by atoms with Gasteiger partial charge in [-0.2, -0.15) is 4.31 Å². The molecule has 3 nitrogen and oxygen atoms in total. The van der Waals surface area contributed by atoms with E-state index in [1.54, 1.807) is 6.07 Å². The van der Waals surface area contributed by atoms with Crippen LogP contribution in [0.1, 0.15) is 32.1 Å². The Bertz CT molecular complexity index is 538. The van der Waals surface area contributed by atoms with Crippen LogP contribution >= 0.6 is 23.2 Å². The molecule has 0 unspecified atom stereocenters. The minimum absolute atomic E-state index is 0.113. The van der Waals surface area contributed by atoms with Gasteiger partial charge in [-0.3, -0.25) is 0 Å². The second-order valence-corrected chi connectivity index (χ2v) is 7.50. The van der Waals surface area contributed by atoms with Crippen molar-refractivity contribution in [2.45, 2.75) is 37.0 Å². The molecular formula is C13H17Cl2NO2S. The molecule has 2 rings (SSSR count). The van der Waals surface area contributed by atoms with Crippen LogP contribution < -0.4 is 0 Å². The van der Waals surface area contributed by atoms with Crippen molar-refractivity contribution >= 4 is 33.2 Å². The van der Waals surface area contributed by atoms with Gasteiger partial charge < -0.3 is 0 Å². The summed E-state index contributed by atoms with van der Waals surface area (Å²) < 4.78 is 26.7. The molecule has 0 saturated carbocycles. The fourth-order valence-electron chi connectivity index (χ4n) is 2.27. The highest BCUT2D eigenvalue weighted by Gasteiger charge is 2.26. The average molecular weight is 322 g/mol. The first-order chi connectivity index (χ1) is 9.01. The van der Waals surface area contributed by atoms with Gasteiger partial charge >= 0.3 is 0 Å². The maximum atomic E-state index is 12.6. The summed E-state index contributed by atoms with van der Waals surface area (Å²) in [6, 6.07) is 4.55. The van der Waals surface area contributed by atoms with Gasteiger partial charge in [0.2, 0.25) is 10.0 Å². The van der Waals surface area contributed by atoms with E-state index in [0.717, 1.165) is 25.7 Å². The maximum Gasteiger partial charge on any atom is 0.244 e. The zero-order chi connectivity index (χ0) is 13.9. The van der Waals surface area contributed by atoms with Crippen LogP contribution in [0.4, 0.5) is 0 Å². The van der Waals surface area contributed by atoms with Crippen molar-refractivity contribution < 1.29 is 8.42 Å². The van der Waals surface area contributed by atoms with Crippen molar-refractivity contribution in [3.8, 4) is 0 Å². The lowest BCUT2D eigenvalue weighted by Gasteiger charge is -2.24. The second kappa shape index (κ2) is 6.44. The first-order valence-electron chi connectivity index (χ1n) is 6.47. The Labute approximate surface area is 124 Å². The standard InChI is InChI=1S/C13H17Cl2NO2S/c14-11-6-7-12(15)13(10-11)19(17,18)16-8-4-2-1-3-5-9-16/h6-7,10H,1-5,8-9H2. The van der Waals surface area contributed by atoms with Crippen LogP contribution in [0.2, 0.25) is 10.0 Å². The molecule has 1 aromatic rings. The molecule has 0 aliphatic carbocycles. The zero-order valence-corrected chi connectivity index (χ0v) is 12.9.